The average Bonchev–Trinajstić information content (AvgIpc) is 2.26. The molecule has 0 amide bonds. The van der Waals surface area contributed by atoms with Crippen LogP contribution in [0.5, 0.6) is 0 Å². The van der Waals surface area contributed by atoms with Crippen LogP contribution in [0, 0.1) is 10.8 Å². The Balaban J connectivity index is 0. The fraction of sp³-hybridized carbons (Fsp3) is 1.00. The molecule has 0 aliphatic carbocycles. The van der Waals surface area contributed by atoms with Crippen molar-refractivity contribution in [2.24, 2.45) is 11.1 Å². The predicted octanol–water partition coefficient (Wildman–Crippen LogP) is 1.17. The van der Waals surface area contributed by atoms with Crippen molar-refractivity contribution >= 4 is 0 Å². The molecule has 5 nitrogen and oxygen atoms in total. The van der Waals surface area contributed by atoms with Crippen LogP contribution in [-0.2, 0) is 4.74 Å². The summed E-state index contributed by atoms with van der Waals surface area (Å²) < 4.78 is 5.20. The van der Waals surface area contributed by atoms with Crippen LogP contribution in [0.4, 0.5) is 0 Å². The standard InChI is InChI=1S/C7H14O3.C2H6.CH3NO/c1-5-4-10-6(3-8)2-7(5)9;1-2;1-2-3/h5-9H,2-4H2,1H3;1-2H3;1H3. The molecule has 1 saturated heterocycles. The topological polar surface area (TPSA) is 79.1 Å². The molecule has 15 heavy (non-hydrogen) atoms. The van der Waals surface area contributed by atoms with Crippen LogP contribution < -0.4 is 0 Å². The normalized spacial score (nSPS) is 29.1. The van der Waals surface area contributed by atoms with Gasteiger partial charge < -0.3 is 14.9 Å². The highest BCUT2D eigenvalue weighted by Crippen LogP contribution is 2.18. The van der Waals surface area contributed by atoms with Gasteiger partial charge in [0, 0.05) is 12.3 Å². The third kappa shape index (κ3) is 8.47. The lowest BCUT2D eigenvalue weighted by atomic mass is 9.97. The van der Waals surface area contributed by atoms with Crippen LogP contribution in [0.3, 0.4) is 0 Å². The number of ether oxygens (including phenoxy) is 1. The summed E-state index contributed by atoms with van der Waals surface area (Å²) in [6.07, 6.45) is 0.120. The summed E-state index contributed by atoms with van der Waals surface area (Å²) >= 11 is 0. The Labute approximate surface area is 91.4 Å². The molecule has 0 saturated carbocycles. The lowest BCUT2D eigenvalue weighted by Crippen LogP contribution is -2.37. The summed E-state index contributed by atoms with van der Waals surface area (Å²) in [6.45, 7) is 6.52. The molecule has 1 aliphatic heterocycles. The van der Waals surface area contributed by atoms with E-state index in [4.69, 9.17) is 14.8 Å². The second-order valence-corrected chi connectivity index (χ2v) is 3.10. The Morgan fingerprint density at radius 3 is 2.27 bits per heavy atom. The van der Waals surface area contributed by atoms with Crippen molar-refractivity contribution in [3.05, 3.63) is 4.91 Å². The molecule has 0 aromatic carbocycles. The number of aliphatic hydroxyl groups excluding tert-OH is 2. The summed E-state index contributed by atoms with van der Waals surface area (Å²) in [7, 11) is 1.19. The van der Waals surface area contributed by atoms with E-state index in [2.05, 4.69) is 5.18 Å². The van der Waals surface area contributed by atoms with Gasteiger partial charge in [-0.3, -0.25) is 0 Å². The van der Waals surface area contributed by atoms with Gasteiger partial charge in [-0.1, -0.05) is 25.9 Å². The van der Waals surface area contributed by atoms with Crippen LogP contribution in [-0.4, -0.2) is 42.7 Å². The van der Waals surface area contributed by atoms with E-state index in [0.29, 0.717) is 13.0 Å². The van der Waals surface area contributed by atoms with Crippen molar-refractivity contribution in [1.29, 1.82) is 0 Å². The predicted molar refractivity (Wildman–Crippen MR) is 59.7 cm³/mol. The number of rotatable bonds is 1. The lowest BCUT2D eigenvalue weighted by molar-refractivity contribution is -0.0937. The minimum atomic E-state index is -0.300. The summed E-state index contributed by atoms with van der Waals surface area (Å²) in [4.78, 5) is 8.56. The van der Waals surface area contributed by atoms with Crippen LogP contribution in [0.15, 0.2) is 5.18 Å². The fourth-order valence-corrected chi connectivity index (χ4v) is 1.10. The van der Waals surface area contributed by atoms with Crippen molar-refractivity contribution in [2.45, 2.75) is 39.4 Å². The smallest absolute Gasteiger partial charge is 0.0830 e. The number of hydrogen-bond acceptors (Lipinski definition) is 5. The molecule has 0 radical (unpaired) electrons. The Kier molecular flexibility index (Phi) is 13.0. The van der Waals surface area contributed by atoms with Crippen molar-refractivity contribution in [1.82, 2.24) is 0 Å². The van der Waals surface area contributed by atoms with Gasteiger partial charge in [0.1, 0.15) is 0 Å². The highest BCUT2D eigenvalue weighted by Gasteiger charge is 2.25. The van der Waals surface area contributed by atoms with Crippen molar-refractivity contribution in [3.8, 4) is 0 Å². The van der Waals surface area contributed by atoms with E-state index in [-0.39, 0.29) is 24.7 Å². The molecule has 1 fully saturated rings. The van der Waals surface area contributed by atoms with Gasteiger partial charge in [-0.25, -0.2) is 0 Å². The van der Waals surface area contributed by atoms with Crippen molar-refractivity contribution in [2.75, 3.05) is 20.3 Å². The first-order valence-corrected chi connectivity index (χ1v) is 5.27. The van der Waals surface area contributed by atoms with Crippen molar-refractivity contribution < 1.29 is 14.9 Å². The van der Waals surface area contributed by atoms with E-state index in [1.807, 2.05) is 20.8 Å². The molecular formula is C10H23NO4. The number of nitrogens with zero attached hydrogens (tertiary/aromatic N) is 1. The number of hydrogen-bond donors (Lipinski definition) is 2. The lowest BCUT2D eigenvalue weighted by Gasteiger charge is -2.30. The first-order chi connectivity index (χ1) is 7.15. The molecule has 1 rings (SSSR count). The highest BCUT2D eigenvalue weighted by atomic mass is 16.5. The monoisotopic (exact) mass is 221 g/mol. The van der Waals surface area contributed by atoms with Crippen LogP contribution in [0.2, 0.25) is 0 Å². The maximum Gasteiger partial charge on any atom is 0.0830 e. The molecule has 0 bridgehead atoms. The minimum absolute atomic E-state index is 0.0176. The maximum absolute atomic E-state index is 9.29. The van der Waals surface area contributed by atoms with Gasteiger partial charge >= 0.3 is 0 Å². The second-order valence-electron chi connectivity index (χ2n) is 3.10. The van der Waals surface area contributed by atoms with Gasteiger partial charge in [0.25, 0.3) is 0 Å². The van der Waals surface area contributed by atoms with Gasteiger partial charge in [0.05, 0.1) is 32.5 Å². The zero-order chi connectivity index (χ0) is 12.3. The second kappa shape index (κ2) is 11.6. The van der Waals surface area contributed by atoms with E-state index in [9.17, 15) is 5.11 Å². The Morgan fingerprint density at radius 1 is 1.47 bits per heavy atom. The molecule has 1 heterocycles. The third-order valence-electron chi connectivity index (χ3n) is 1.96. The van der Waals surface area contributed by atoms with Gasteiger partial charge in [-0.2, -0.15) is 4.91 Å². The van der Waals surface area contributed by atoms with Gasteiger partial charge in [0.15, 0.2) is 0 Å². The summed E-state index contributed by atoms with van der Waals surface area (Å²) in [5, 5.41) is 20.2. The zero-order valence-corrected chi connectivity index (χ0v) is 10.0. The summed E-state index contributed by atoms with van der Waals surface area (Å²) in [5.74, 6) is 0.211. The molecule has 5 heteroatoms. The molecule has 3 atom stereocenters. The van der Waals surface area contributed by atoms with E-state index < -0.39 is 0 Å². The van der Waals surface area contributed by atoms with Crippen LogP contribution in [0.25, 0.3) is 0 Å². The molecule has 0 aromatic heterocycles. The highest BCUT2D eigenvalue weighted by molar-refractivity contribution is 4.74. The molecular weight excluding hydrogens is 198 g/mol. The van der Waals surface area contributed by atoms with Gasteiger partial charge in [-0.05, 0) is 0 Å². The Morgan fingerprint density at radius 2 is 1.93 bits per heavy atom. The summed E-state index contributed by atoms with van der Waals surface area (Å²) in [6, 6.07) is 0. The molecule has 92 valence electrons. The SMILES string of the molecule is CC.CC1COC(CO)CC1O.CN=O. The molecule has 3 unspecified atom stereocenters. The first kappa shape index (κ1) is 16.9. The maximum atomic E-state index is 9.29. The molecule has 0 aromatic rings. The number of nitroso groups, excluding NO2 is 1. The van der Waals surface area contributed by atoms with Crippen LogP contribution >= 0.6 is 0 Å². The fourth-order valence-electron chi connectivity index (χ4n) is 1.10. The molecule has 1 aliphatic rings. The van der Waals surface area contributed by atoms with E-state index in [0.717, 1.165) is 0 Å². The van der Waals surface area contributed by atoms with E-state index in [1.165, 1.54) is 7.05 Å². The largest absolute Gasteiger partial charge is 0.394 e. The van der Waals surface area contributed by atoms with E-state index >= 15 is 0 Å². The molecule has 0 spiro atoms. The van der Waals surface area contributed by atoms with E-state index in [1.54, 1.807) is 0 Å². The Hall–Kier alpha value is -0.520. The zero-order valence-electron chi connectivity index (χ0n) is 10.0. The van der Waals surface area contributed by atoms with Crippen LogP contribution in [0.1, 0.15) is 27.2 Å². The van der Waals surface area contributed by atoms with Crippen molar-refractivity contribution in [3.63, 3.8) is 0 Å². The first-order valence-electron chi connectivity index (χ1n) is 5.27. The Bertz CT molecular complexity index is 143. The van der Waals surface area contributed by atoms with Gasteiger partial charge in [-0.15, -0.1) is 0 Å². The number of aliphatic hydroxyl groups is 2. The quantitative estimate of drug-likeness (QED) is 0.651. The third-order valence-corrected chi connectivity index (χ3v) is 1.96. The van der Waals surface area contributed by atoms with Gasteiger partial charge in [0.2, 0.25) is 0 Å². The average molecular weight is 221 g/mol. The summed E-state index contributed by atoms with van der Waals surface area (Å²) in [5.41, 5.74) is 0. The molecule has 2 N–H and O–H groups in total. The minimum Gasteiger partial charge on any atom is -0.394 e.